The van der Waals surface area contributed by atoms with Gasteiger partial charge in [-0.25, -0.2) is 4.98 Å². The van der Waals surface area contributed by atoms with E-state index in [-0.39, 0.29) is 17.2 Å². The number of carbonyl (C=O) groups is 1. The van der Waals surface area contributed by atoms with E-state index in [1.807, 2.05) is 30.5 Å². The SMILES string of the molecule is CC1(C)CC(=O)C2=C(C1)Nc1cccnc1NC2c1c[nH]c2ccccc12. The summed E-state index contributed by atoms with van der Waals surface area (Å²) in [6.07, 6.45) is 5.17. The van der Waals surface area contributed by atoms with E-state index in [0.717, 1.165) is 45.7 Å². The van der Waals surface area contributed by atoms with Crippen molar-refractivity contribution in [1.82, 2.24) is 9.97 Å². The molecule has 5 nitrogen and oxygen atoms in total. The summed E-state index contributed by atoms with van der Waals surface area (Å²) in [4.78, 5) is 21.1. The van der Waals surface area contributed by atoms with E-state index in [2.05, 4.69) is 46.6 Å². The lowest BCUT2D eigenvalue weighted by molar-refractivity contribution is -0.118. The van der Waals surface area contributed by atoms with E-state index in [1.165, 1.54) is 0 Å². The van der Waals surface area contributed by atoms with Crippen LogP contribution in [0.4, 0.5) is 11.5 Å². The molecule has 0 saturated carbocycles. The lowest BCUT2D eigenvalue weighted by Crippen LogP contribution is -2.31. The standard InChI is InChI=1S/C22H22N4O/c1-22(2)10-17-19(18(27)11-22)20(26-21-16(25-17)8-5-9-23-21)14-12-24-15-7-4-3-6-13(14)15/h3-9,12,20,24-25H,10-11H2,1-2H3,(H,23,26). The number of benzene rings is 1. The number of ketones is 1. The summed E-state index contributed by atoms with van der Waals surface area (Å²) in [5.74, 6) is 0.970. The number of para-hydroxylation sites is 1. The number of pyridine rings is 1. The first kappa shape index (κ1) is 16.1. The number of nitrogens with zero attached hydrogens (tertiary/aromatic N) is 1. The summed E-state index contributed by atoms with van der Waals surface area (Å²) in [6, 6.07) is 11.9. The number of aromatic nitrogens is 2. The van der Waals surface area contributed by atoms with Crippen molar-refractivity contribution >= 4 is 28.2 Å². The fourth-order valence-corrected chi connectivity index (χ4v) is 4.34. The average Bonchev–Trinajstić information content (AvgIpc) is 2.97. The van der Waals surface area contributed by atoms with Crippen LogP contribution in [-0.4, -0.2) is 15.8 Å². The molecule has 3 aromatic rings. The van der Waals surface area contributed by atoms with Crippen LogP contribution in [0.25, 0.3) is 10.9 Å². The van der Waals surface area contributed by atoms with Crippen molar-refractivity contribution in [3.63, 3.8) is 0 Å². The van der Waals surface area contributed by atoms with Gasteiger partial charge in [-0.1, -0.05) is 32.0 Å². The Labute approximate surface area is 157 Å². The third-order valence-corrected chi connectivity index (χ3v) is 5.52. The van der Waals surface area contributed by atoms with Crippen LogP contribution in [-0.2, 0) is 4.79 Å². The van der Waals surface area contributed by atoms with Gasteiger partial charge in [0.05, 0.1) is 11.7 Å². The Morgan fingerprint density at radius 3 is 2.85 bits per heavy atom. The first-order valence-corrected chi connectivity index (χ1v) is 9.33. The molecule has 1 aliphatic carbocycles. The zero-order chi connectivity index (χ0) is 18.6. The maximum Gasteiger partial charge on any atom is 0.163 e. The zero-order valence-corrected chi connectivity index (χ0v) is 15.5. The number of hydrogen-bond acceptors (Lipinski definition) is 4. The van der Waals surface area contributed by atoms with Crippen molar-refractivity contribution in [1.29, 1.82) is 0 Å². The van der Waals surface area contributed by atoms with E-state index >= 15 is 0 Å². The lowest BCUT2D eigenvalue weighted by atomic mass is 9.73. The molecular weight excluding hydrogens is 336 g/mol. The molecule has 0 radical (unpaired) electrons. The molecule has 1 atom stereocenters. The third-order valence-electron chi connectivity index (χ3n) is 5.52. The molecule has 0 fully saturated rings. The van der Waals surface area contributed by atoms with E-state index in [9.17, 15) is 4.79 Å². The average molecular weight is 358 g/mol. The van der Waals surface area contributed by atoms with Gasteiger partial charge in [0, 0.05) is 46.6 Å². The maximum atomic E-state index is 13.2. The van der Waals surface area contributed by atoms with Gasteiger partial charge in [0.1, 0.15) is 5.82 Å². The van der Waals surface area contributed by atoms with Crippen LogP contribution in [0.1, 0.15) is 38.3 Å². The van der Waals surface area contributed by atoms with Crippen LogP contribution in [0.15, 0.2) is 60.1 Å². The Morgan fingerprint density at radius 1 is 1.11 bits per heavy atom. The molecule has 27 heavy (non-hydrogen) atoms. The largest absolute Gasteiger partial charge is 0.361 e. The van der Waals surface area contributed by atoms with Gasteiger partial charge in [0.25, 0.3) is 0 Å². The zero-order valence-electron chi connectivity index (χ0n) is 15.5. The Bertz CT molecular complexity index is 1090. The number of hydrogen-bond donors (Lipinski definition) is 3. The summed E-state index contributed by atoms with van der Waals surface area (Å²) in [5.41, 5.74) is 4.84. The van der Waals surface area contributed by atoms with Gasteiger partial charge in [-0.15, -0.1) is 0 Å². The van der Waals surface area contributed by atoms with Gasteiger partial charge in [-0.3, -0.25) is 4.79 Å². The molecule has 3 heterocycles. The molecule has 3 N–H and O–H groups in total. The highest BCUT2D eigenvalue weighted by atomic mass is 16.1. The van der Waals surface area contributed by atoms with Gasteiger partial charge < -0.3 is 15.6 Å². The van der Waals surface area contributed by atoms with Crippen molar-refractivity contribution in [2.45, 2.75) is 32.7 Å². The molecule has 0 bridgehead atoms. The van der Waals surface area contributed by atoms with Gasteiger partial charge in [0.15, 0.2) is 5.78 Å². The van der Waals surface area contributed by atoms with Crippen LogP contribution in [0.3, 0.4) is 0 Å². The number of nitrogens with one attached hydrogen (secondary N) is 3. The van der Waals surface area contributed by atoms with E-state index in [1.54, 1.807) is 6.20 Å². The first-order valence-electron chi connectivity index (χ1n) is 9.33. The highest BCUT2D eigenvalue weighted by Gasteiger charge is 2.39. The second-order valence-corrected chi connectivity index (χ2v) is 8.22. The van der Waals surface area contributed by atoms with Gasteiger partial charge in [-0.05, 0) is 30.0 Å². The number of rotatable bonds is 1. The highest BCUT2D eigenvalue weighted by molar-refractivity contribution is 6.02. The summed E-state index contributed by atoms with van der Waals surface area (Å²) < 4.78 is 0. The molecule has 136 valence electrons. The molecule has 2 aliphatic rings. The highest BCUT2D eigenvalue weighted by Crippen LogP contribution is 2.45. The maximum absolute atomic E-state index is 13.2. The molecule has 1 unspecified atom stereocenters. The molecule has 0 saturated heterocycles. The fraction of sp³-hybridized carbons (Fsp3) is 0.273. The van der Waals surface area contributed by atoms with Crippen molar-refractivity contribution in [3.8, 4) is 0 Å². The van der Waals surface area contributed by atoms with E-state index < -0.39 is 0 Å². The normalized spacial score (nSPS) is 21.1. The van der Waals surface area contributed by atoms with Gasteiger partial charge in [-0.2, -0.15) is 0 Å². The lowest BCUT2D eigenvalue weighted by Gasteiger charge is -2.34. The van der Waals surface area contributed by atoms with Crippen LogP contribution in [0, 0.1) is 5.41 Å². The minimum Gasteiger partial charge on any atom is -0.361 e. The second kappa shape index (κ2) is 5.71. The number of H-pyrrole nitrogens is 1. The molecular formula is C22H22N4O. The number of allylic oxidation sites excluding steroid dienone is 1. The van der Waals surface area contributed by atoms with E-state index in [4.69, 9.17) is 0 Å². The van der Waals surface area contributed by atoms with E-state index in [0.29, 0.717) is 6.42 Å². The Balaban J connectivity index is 1.74. The Morgan fingerprint density at radius 2 is 1.96 bits per heavy atom. The number of aromatic amines is 1. The summed E-state index contributed by atoms with van der Waals surface area (Å²) in [7, 11) is 0. The molecule has 0 spiro atoms. The predicted molar refractivity (Wildman–Crippen MR) is 108 cm³/mol. The van der Waals surface area contributed by atoms with Gasteiger partial charge >= 0.3 is 0 Å². The minimum absolute atomic E-state index is 0.0552. The number of anilines is 2. The van der Waals surface area contributed by atoms with Crippen molar-refractivity contribution in [2.24, 2.45) is 5.41 Å². The second-order valence-electron chi connectivity index (χ2n) is 8.22. The molecule has 5 heteroatoms. The van der Waals surface area contributed by atoms with Crippen LogP contribution >= 0.6 is 0 Å². The third kappa shape index (κ3) is 2.62. The Kier molecular flexibility index (Phi) is 3.41. The summed E-state index contributed by atoms with van der Waals surface area (Å²) >= 11 is 0. The molecule has 5 rings (SSSR count). The van der Waals surface area contributed by atoms with Crippen LogP contribution in [0.5, 0.6) is 0 Å². The molecule has 0 amide bonds. The number of carbonyl (C=O) groups excluding carboxylic acids is 1. The molecule has 1 aromatic carbocycles. The molecule has 2 aromatic heterocycles. The quantitative estimate of drug-likeness (QED) is 0.585. The van der Waals surface area contributed by atoms with Crippen LogP contribution < -0.4 is 10.6 Å². The topological polar surface area (TPSA) is 69.8 Å². The fourth-order valence-electron chi connectivity index (χ4n) is 4.34. The van der Waals surface area contributed by atoms with Gasteiger partial charge in [0.2, 0.25) is 0 Å². The minimum atomic E-state index is -0.233. The number of Topliss-reactive ketones (excluding diaryl/α,β-unsaturated/α-hetero) is 1. The van der Waals surface area contributed by atoms with Crippen molar-refractivity contribution in [3.05, 3.63) is 65.6 Å². The van der Waals surface area contributed by atoms with Crippen LogP contribution in [0.2, 0.25) is 0 Å². The summed E-state index contributed by atoms with van der Waals surface area (Å²) in [6.45, 7) is 4.30. The predicted octanol–water partition coefficient (Wildman–Crippen LogP) is 4.78. The molecule has 1 aliphatic heterocycles. The Hall–Kier alpha value is -3.08. The summed E-state index contributed by atoms with van der Waals surface area (Å²) in [5, 5.41) is 8.17. The van der Waals surface area contributed by atoms with Crippen molar-refractivity contribution in [2.75, 3.05) is 10.6 Å². The smallest absolute Gasteiger partial charge is 0.163 e. The number of fused-ring (bicyclic) bond motifs is 2. The van der Waals surface area contributed by atoms with Crippen molar-refractivity contribution < 1.29 is 4.79 Å². The monoisotopic (exact) mass is 358 g/mol. The first-order chi connectivity index (χ1) is 13.0.